The summed E-state index contributed by atoms with van der Waals surface area (Å²) in [5.74, 6) is 0. The SMILES string of the molecule is c1ccc(-c2ccc(N(c3ccc(-c4ccccc4)cc3)c3c4ccccc4cc4c5ccccc5n(-c5ccccc5)c34)cc2)cc1. The van der Waals surface area contributed by atoms with Gasteiger partial charge in [0.25, 0.3) is 0 Å². The number of aromatic nitrogens is 1. The minimum Gasteiger partial charge on any atom is -0.308 e. The summed E-state index contributed by atoms with van der Waals surface area (Å²) in [4.78, 5) is 2.45. The average Bonchev–Trinajstić information content (AvgIpc) is 3.50. The molecular weight excluding hydrogens is 581 g/mol. The summed E-state index contributed by atoms with van der Waals surface area (Å²) in [5.41, 5.74) is 11.7. The van der Waals surface area contributed by atoms with Crippen LogP contribution in [0.3, 0.4) is 0 Å². The molecule has 1 heterocycles. The lowest BCUT2D eigenvalue weighted by molar-refractivity contribution is 1.17. The van der Waals surface area contributed by atoms with Gasteiger partial charge < -0.3 is 9.47 Å². The summed E-state index contributed by atoms with van der Waals surface area (Å²) in [6.07, 6.45) is 0. The van der Waals surface area contributed by atoms with Gasteiger partial charge in [0.05, 0.1) is 16.7 Å². The molecule has 0 aliphatic rings. The number of hydrogen-bond donors (Lipinski definition) is 0. The Hall–Kier alpha value is -6.38. The molecule has 0 fully saturated rings. The Morgan fingerprint density at radius 2 is 0.812 bits per heavy atom. The van der Waals surface area contributed by atoms with Gasteiger partial charge in [-0.15, -0.1) is 0 Å². The minimum absolute atomic E-state index is 1.10. The first-order valence-corrected chi connectivity index (χ1v) is 16.4. The van der Waals surface area contributed by atoms with Gasteiger partial charge in [-0.1, -0.05) is 146 Å². The van der Waals surface area contributed by atoms with E-state index in [0.29, 0.717) is 0 Å². The molecule has 0 aliphatic carbocycles. The van der Waals surface area contributed by atoms with E-state index in [2.05, 4.69) is 204 Å². The largest absolute Gasteiger partial charge is 0.308 e. The molecule has 8 aromatic carbocycles. The fourth-order valence-electron chi connectivity index (χ4n) is 7.11. The zero-order valence-electron chi connectivity index (χ0n) is 26.4. The molecule has 2 heteroatoms. The van der Waals surface area contributed by atoms with Crippen molar-refractivity contribution < 1.29 is 0 Å². The van der Waals surface area contributed by atoms with E-state index in [-0.39, 0.29) is 0 Å². The maximum atomic E-state index is 2.45. The zero-order chi connectivity index (χ0) is 31.9. The van der Waals surface area contributed by atoms with Crippen LogP contribution in [-0.4, -0.2) is 4.57 Å². The molecule has 0 unspecified atom stereocenters. The molecule has 2 nitrogen and oxygen atoms in total. The van der Waals surface area contributed by atoms with Gasteiger partial charge >= 0.3 is 0 Å². The normalized spacial score (nSPS) is 11.3. The number of para-hydroxylation sites is 2. The highest BCUT2D eigenvalue weighted by molar-refractivity contribution is 6.22. The number of benzene rings is 8. The molecule has 0 saturated carbocycles. The fourth-order valence-corrected chi connectivity index (χ4v) is 7.11. The van der Waals surface area contributed by atoms with E-state index in [4.69, 9.17) is 0 Å². The Balaban J connectivity index is 1.37. The third kappa shape index (κ3) is 4.74. The first-order valence-electron chi connectivity index (χ1n) is 16.4. The van der Waals surface area contributed by atoms with Crippen molar-refractivity contribution in [2.75, 3.05) is 4.90 Å². The molecule has 0 radical (unpaired) electrons. The molecule has 9 rings (SSSR count). The van der Waals surface area contributed by atoms with Gasteiger partial charge in [-0.25, -0.2) is 0 Å². The molecule has 0 bridgehead atoms. The Labute approximate surface area is 280 Å². The second-order valence-corrected chi connectivity index (χ2v) is 12.2. The smallest absolute Gasteiger partial charge is 0.0789 e. The minimum atomic E-state index is 1.10. The number of fused-ring (bicyclic) bond motifs is 4. The molecule has 9 aromatic rings. The molecule has 1 aromatic heterocycles. The van der Waals surface area contributed by atoms with Gasteiger partial charge in [0.15, 0.2) is 0 Å². The maximum absolute atomic E-state index is 2.45. The van der Waals surface area contributed by atoms with E-state index in [1.165, 1.54) is 54.8 Å². The standard InChI is InChI=1S/C46H32N2/c1-4-14-33(15-5-1)35-24-28-39(29-25-35)47(40-30-26-36(27-31-40)34-16-6-2-7-17-34)45-41-21-11-10-18-37(41)32-43-42-22-12-13-23-44(42)48(46(43)45)38-19-8-3-9-20-38/h1-32H. The van der Waals surface area contributed by atoms with Gasteiger partial charge in [-0.3, -0.25) is 0 Å². The Bertz CT molecular complexity index is 2430. The molecule has 0 amide bonds. The molecular formula is C46H32N2. The molecule has 0 atom stereocenters. The van der Waals surface area contributed by atoms with Gasteiger partial charge in [0.2, 0.25) is 0 Å². The van der Waals surface area contributed by atoms with Crippen LogP contribution >= 0.6 is 0 Å². The lowest BCUT2D eigenvalue weighted by Gasteiger charge is -2.29. The predicted octanol–water partition coefficient (Wildman–Crippen LogP) is 12.7. The van der Waals surface area contributed by atoms with E-state index in [1.807, 2.05) is 0 Å². The molecule has 0 aliphatic heterocycles. The van der Waals surface area contributed by atoms with E-state index in [0.717, 1.165) is 22.7 Å². The highest BCUT2D eigenvalue weighted by Gasteiger charge is 2.24. The number of hydrogen-bond acceptors (Lipinski definition) is 1. The predicted molar refractivity (Wildman–Crippen MR) is 204 cm³/mol. The van der Waals surface area contributed by atoms with Crippen molar-refractivity contribution in [3.8, 4) is 27.9 Å². The van der Waals surface area contributed by atoms with Crippen molar-refractivity contribution in [3.63, 3.8) is 0 Å². The van der Waals surface area contributed by atoms with Crippen LogP contribution in [0.5, 0.6) is 0 Å². The van der Waals surface area contributed by atoms with Gasteiger partial charge in [0.1, 0.15) is 0 Å². The second-order valence-electron chi connectivity index (χ2n) is 12.2. The topological polar surface area (TPSA) is 8.17 Å². The van der Waals surface area contributed by atoms with Crippen LogP contribution in [0, 0.1) is 0 Å². The fraction of sp³-hybridized carbons (Fsp3) is 0. The molecule has 0 saturated heterocycles. The van der Waals surface area contributed by atoms with Gasteiger partial charge in [-0.05, 0) is 76.2 Å². The van der Waals surface area contributed by atoms with Crippen LogP contribution in [0.1, 0.15) is 0 Å². The van der Waals surface area contributed by atoms with Crippen molar-refractivity contribution in [2.24, 2.45) is 0 Å². The Kier molecular flexibility index (Phi) is 6.84. The maximum Gasteiger partial charge on any atom is 0.0789 e. The molecule has 0 N–H and O–H groups in total. The summed E-state index contributed by atoms with van der Waals surface area (Å²) < 4.78 is 2.44. The summed E-state index contributed by atoms with van der Waals surface area (Å²) in [5, 5.41) is 4.88. The molecule has 48 heavy (non-hydrogen) atoms. The first-order chi connectivity index (χ1) is 23.8. The first kappa shape index (κ1) is 27.9. The summed E-state index contributed by atoms with van der Waals surface area (Å²) in [6.45, 7) is 0. The van der Waals surface area contributed by atoms with Gasteiger partial charge in [-0.2, -0.15) is 0 Å². The van der Waals surface area contributed by atoms with E-state index in [9.17, 15) is 0 Å². The number of anilines is 3. The van der Waals surface area contributed by atoms with Crippen LogP contribution in [0.4, 0.5) is 17.1 Å². The lowest BCUT2D eigenvalue weighted by atomic mass is 10.0. The quantitative estimate of drug-likeness (QED) is 0.181. The average molecular weight is 613 g/mol. The molecule has 0 spiro atoms. The third-order valence-electron chi connectivity index (χ3n) is 9.36. The van der Waals surface area contributed by atoms with Crippen molar-refractivity contribution in [1.29, 1.82) is 0 Å². The van der Waals surface area contributed by atoms with Crippen LogP contribution in [0.25, 0.3) is 60.5 Å². The highest BCUT2D eigenvalue weighted by Crippen LogP contribution is 2.47. The summed E-state index contributed by atoms with van der Waals surface area (Å²) in [7, 11) is 0. The molecule has 226 valence electrons. The monoisotopic (exact) mass is 612 g/mol. The lowest BCUT2D eigenvalue weighted by Crippen LogP contribution is -2.12. The summed E-state index contributed by atoms with van der Waals surface area (Å²) in [6, 6.07) is 69.9. The number of nitrogens with zero attached hydrogens (tertiary/aromatic N) is 2. The Morgan fingerprint density at radius 1 is 0.354 bits per heavy atom. The number of rotatable bonds is 6. The van der Waals surface area contributed by atoms with Crippen molar-refractivity contribution in [1.82, 2.24) is 4.57 Å². The van der Waals surface area contributed by atoms with Crippen molar-refractivity contribution in [3.05, 3.63) is 194 Å². The van der Waals surface area contributed by atoms with Crippen LogP contribution in [0.15, 0.2) is 194 Å². The van der Waals surface area contributed by atoms with Crippen molar-refractivity contribution in [2.45, 2.75) is 0 Å². The highest BCUT2D eigenvalue weighted by atomic mass is 15.2. The second kappa shape index (κ2) is 11.8. The van der Waals surface area contributed by atoms with Crippen LogP contribution < -0.4 is 4.90 Å². The van der Waals surface area contributed by atoms with Crippen molar-refractivity contribution >= 4 is 49.6 Å². The van der Waals surface area contributed by atoms with E-state index >= 15 is 0 Å². The summed E-state index contributed by atoms with van der Waals surface area (Å²) >= 11 is 0. The van der Waals surface area contributed by atoms with E-state index in [1.54, 1.807) is 0 Å². The Morgan fingerprint density at radius 3 is 1.40 bits per heavy atom. The van der Waals surface area contributed by atoms with Gasteiger partial charge in [0, 0.05) is 33.2 Å². The van der Waals surface area contributed by atoms with Crippen LogP contribution in [-0.2, 0) is 0 Å². The van der Waals surface area contributed by atoms with E-state index < -0.39 is 0 Å². The third-order valence-corrected chi connectivity index (χ3v) is 9.36. The zero-order valence-corrected chi connectivity index (χ0v) is 26.4. The van der Waals surface area contributed by atoms with Crippen LogP contribution in [0.2, 0.25) is 0 Å².